The van der Waals surface area contributed by atoms with E-state index in [1.54, 1.807) is 67.6 Å². The molecule has 1 fully saturated rings. The van der Waals surface area contributed by atoms with Crippen molar-refractivity contribution in [2.75, 3.05) is 18.6 Å². The Kier molecular flexibility index (Phi) is 7.41. The number of aliphatic hydroxyl groups excluding tert-OH is 1. The molecule has 1 aliphatic rings. The van der Waals surface area contributed by atoms with Gasteiger partial charge in [-0.2, -0.15) is 0 Å². The van der Waals surface area contributed by atoms with Gasteiger partial charge in [0, 0.05) is 10.7 Å². The van der Waals surface area contributed by atoms with Crippen LogP contribution in [0.3, 0.4) is 0 Å². The molecule has 0 spiro atoms. The molecule has 3 aromatic carbocycles. The Bertz CT molecular complexity index is 1330. The van der Waals surface area contributed by atoms with Crippen molar-refractivity contribution < 1.29 is 29.0 Å². The van der Waals surface area contributed by atoms with Crippen molar-refractivity contribution in [3.63, 3.8) is 0 Å². The van der Waals surface area contributed by atoms with Crippen LogP contribution in [-0.2, 0) is 25.5 Å². The number of nitrogens with zero attached hydrogens (tertiary/aromatic N) is 1. The zero-order valence-electron chi connectivity index (χ0n) is 19.7. The Morgan fingerprint density at radius 2 is 1.72 bits per heavy atom. The molecular formula is C28H24ClNO6. The van der Waals surface area contributed by atoms with Crippen molar-refractivity contribution in [2.24, 2.45) is 0 Å². The number of benzene rings is 3. The van der Waals surface area contributed by atoms with Crippen LogP contribution in [0.2, 0.25) is 5.02 Å². The van der Waals surface area contributed by atoms with Gasteiger partial charge in [-0.3, -0.25) is 19.3 Å². The summed E-state index contributed by atoms with van der Waals surface area (Å²) in [5, 5.41) is 11.7. The number of Topliss-reactive ketones (excluding diaryl/α,β-unsaturated/α-hetero) is 1. The average molecular weight is 506 g/mol. The van der Waals surface area contributed by atoms with Gasteiger partial charge in [-0.15, -0.1) is 0 Å². The van der Waals surface area contributed by atoms with Gasteiger partial charge < -0.3 is 14.6 Å². The molecule has 0 aromatic heterocycles. The van der Waals surface area contributed by atoms with Crippen molar-refractivity contribution in [1.82, 2.24) is 0 Å². The number of rotatable bonds is 7. The lowest BCUT2D eigenvalue weighted by atomic mass is 9.95. The highest BCUT2D eigenvalue weighted by atomic mass is 35.5. The van der Waals surface area contributed by atoms with Crippen LogP contribution < -0.4 is 9.64 Å². The van der Waals surface area contributed by atoms with Crippen molar-refractivity contribution in [3.8, 4) is 5.75 Å². The maximum Gasteiger partial charge on any atom is 0.310 e. The topological polar surface area (TPSA) is 93.1 Å². The predicted octanol–water partition coefficient (Wildman–Crippen LogP) is 5.08. The fraction of sp³-hybridized carbons (Fsp3) is 0.179. The highest BCUT2D eigenvalue weighted by molar-refractivity contribution is 6.51. The second-order valence-corrected chi connectivity index (χ2v) is 8.51. The number of halogens is 1. The van der Waals surface area contributed by atoms with Crippen LogP contribution in [0.25, 0.3) is 5.76 Å². The first-order valence-electron chi connectivity index (χ1n) is 11.3. The maximum absolute atomic E-state index is 13.3. The molecule has 8 heteroatoms. The molecule has 0 saturated carbocycles. The Hall–Kier alpha value is -4.10. The van der Waals surface area contributed by atoms with E-state index < -0.39 is 17.7 Å². The van der Waals surface area contributed by atoms with Gasteiger partial charge in [-0.05, 0) is 48.4 Å². The first-order valence-corrected chi connectivity index (χ1v) is 11.7. The van der Waals surface area contributed by atoms with Crippen molar-refractivity contribution >= 4 is 40.7 Å². The van der Waals surface area contributed by atoms with E-state index in [0.29, 0.717) is 27.6 Å². The normalized spacial score (nSPS) is 16.8. The minimum atomic E-state index is -0.897. The lowest BCUT2D eigenvalue weighted by molar-refractivity contribution is -0.142. The van der Waals surface area contributed by atoms with Crippen LogP contribution >= 0.6 is 11.6 Å². The highest BCUT2D eigenvalue weighted by Crippen LogP contribution is 2.43. The molecule has 184 valence electrons. The second-order valence-electron chi connectivity index (χ2n) is 8.07. The lowest BCUT2D eigenvalue weighted by Gasteiger charge is -2.25. The number of aliphatic hydroxyl groups is 1. The molecule has 3 aromatic rings. The van der Waals surface area contributed by atoms with Crippen LogP contribution in [0.1, 0.15) is 29.7 Å². The van der Waals surface area contributed by atoms with Gasteiger partial charge in [-0.25, -0.2) is 0 Å². The lowest BCUT2D eigenvalue weighted by Crippen LogP contribution is -2.29. The van der Waals surface area contributed by atoms with E-state index in [1.807, 2.05) is 6.07 Å². The average Bonchev–Trinajstić information content (AvgIpc) is 3.15. The molecule has 1 amide bonds. The molecule has 1 heterocycles. The number of esters is 1. The monoisotopic (exact) mass is 505 g/mol. The zero-order valence-corrected chi connectivity index (χ0v) is 20.5. The van der Waals surface area contributed by atoms with E-state index in [4.69, 9.17) is 21.1 Å². The molecule has 0 radical (unpaired) electrons. The molecule has 36 heavy (non-hydrogen) atoms. The van der Waals surface area contributed by atoms with Crippen LogP contribution in [0.4, 0.5) is 5.69 Å². The van der Waals surface area contributed by atoms with E-state index in [2.05, 4.69) is 0 Å². The van der Waals surface area contributed by atoms with E-state index >= 15 is 0 Å². The largest absolute Gasteiger partial charge is 0.507 e. The Morgan fingerprint density at radius 3 is 2.36 bits per heavy atom. The van der Waals surface area contributed by atoms with Crippen LogP contribution in [0, 0.1) is 0 Å². The van der Waals surface area contributed by atoms with Gasteiger partial charge >= 0.3 is 5.97 Å². The van der Waals surface area contributed by atoms with Gasteiger partial charge in [-0.1, -0.05) is 54.1 Å². The minimum absolute atomic E-state index is 0.0811. The predicted molar refractivity (Wildman–Crippen MR) is 136 cm³/mol. The number of carbonyl (C=O) groups excluding carboxylic acids is 3. The van der Waals surface area contributed by atoms with Crippen molar-refractivity contribution in [2.45, 2.75) is 19.4 Å². The zero-order chi connectivity index (χ0) is 25.8. The summed E-state index contributed by atoms with van der Waals surface area (Å²) in [6, 6.07) is 19.4. The third kappa shape index (κ3) is 4.83. The highest BCUT2D eigenvalue weighted by Gasteiger charge is 2.47. The van der Waals surface area contributed by atoms with Crippen molar-refractivity contribution in [1.29, 1.82) is 0 Å². The third-order valence-corrected chi connectivity index (χ3v) is 6.08. The van der Waals surface area contributed by atoms with Crippen LogP contribution in [0.5, 0.6) is 5.75 Å². The summed E-state index contributed by atoms with van der Waals surface area (Å²) in [6.07, 6.45) is 0.0869. The molecule has 1 atom stereocenters. The molecule has 0 bridgehead atoms. The summed E-state index contributed by atoms with van der Waals surface area (Å²) in [4.78, 5) is 39.8. The first-order chi connectivity index (χ1) is 17.3. The summed E-state index contributed by atoms with van der Waals surface area (Å²) in [7, 11) is 1.44. The fourth-order valence-electron chi connectivity index (χ4n) is 4.21. The van der Waals surface area contributed by atoms with E-state index in [1.165, 1.54) is 18.1 Å². The Labute approximate surface area is 213 Å². The quantitative estimate of drug-likeness (QED) is 0.208. The van der Waals surface area contributed by atoms with Crippen molar-refractivity contribution in [3.05, 3.63) is 100 Å². The summed E-state index contributed by atoms with van der Waals surface area (Å²) >= 11 is 6.15. The summed E-state index contributed by atoms with van der Waals surface area (Å²) in [5.41, 5.74) is 1.90. The Balaban J connectivity index is 1.83. The SMILES string of the molecule is CCOC(=O)Cc1ccc(N2C(=O)C(=O)/C(=C(/O)c3cc(Cl)ccc3OC)C2c2ccccc2)cc1. The van der Waals surface area contributed by atoms with Gasteiger partial charge in [0.15, 0.2) is 0 Å². The number of amides is 1. The molecule has 1 unspecified atom stereocenters. The van der Waals surface area contributed by atoms with Gasteiger partial charge in [0.25, 0.3) is 11.7 Å². The summed E-state index contributed by atoms with van der Waals surface area (Å²) < 4.78 is 10.3. The van der Waals surface area contributed by atoms with Gasteiger partial charge in [0.05, 0.1) is 37.3 Å². The number of methoxy groups -OCH3 is 1. The molecular weight excluding hydrogens is 482 g/mol. The first kappa shape index (κ1) is 25.0. The van der Waals surface area contributed by atoms with Crippen LogP contribution in [0.15, 0.2) is 78.4 Å². The van der Waals surface area contributed by atoms with E-state index in [9.17, 15) is 19.5 Å². The number of hydrogen-bond donors (Lipinski definition) is 1. The molecule has 7 nitrogen and oxygen atoms in total. The molecule has 1 saturated heterocycles. The molecule has 1 N–H and O–H groups in total. The molecule has 4 rings (SSSR count). The number of carbonyl (C=O) groups is 3. The fourth-order valence-corrected chi connectivity index (χ4v) is 4.39. The number of anilines is 1. The standard InChI is InChI=1S/C28H24ClNO6/c1-3-36-23(31)15-17-9-12-20(13-10-17)30-25(18-7-5-4-6-8-18)24(27(33)28(30)34)26(32)21-16-19(29)11-14-22(21)35-2/h4-14,16,25,32H,3,15H2,1-2H3/b26-24+. The van der Waals surface area contributed by atoms with Crippen LogP contribution in [-0.4, -0.2) is 36.5 Å². The minimum Gasteiger partial charge on any atom is -0.507 e. The van der Waals surface area contributed by atoms with E-state index in [-0.39, 0.29) is 35.9 Å². The number of ketones is 1. The molecule has 0 aliphatic carbocycles. The van der Waals surface area contributed by atoms with E-state index in [0.717, 1.165) is 0 Å². The number of ether oxygens (including phenoxy) is 2. The second kappa shape index (κ2) is 10.7. The number of hydrogen-bond acceptors (Lipinski definition) is 6. The van der Waals surface area contributed by atoms with Gasteiger partial charge in [0.1, 0.15) is 11.5 Å². The maximum atomic E-state index is 13.3. The summed E-state index contributed by atoms with van der Waals surface area (Å²) in [6.45, 7) is 2.02. The Morgan fingerprint density at radius 1 is 1.03 bits per heavy atom. The third-order valence-electron chi connectivity index (χ3n) is 5.84. The smallest absolute Gasteiger partial charge is 0.310 e. The van der Waals surface area contributed by atoms with Gasteiger partial charge in [0.2, 0.25) is 0 Å². The molecule has 1 aliphatic heterocycles. The summed E-state index contributed by atoms with van der Waals surface area (Å²) in [5.74, 6) is -2.06.